The van der Waals surface area contributed by atoms with Gasteiger partial charge in [0.05, 0.1) is 10.4 Å². The molecule has 2 rings (SSSR count). The van der Waals surface area contributed by atoms with Crippen molar-refractivity contribution in [2.45, 2.75) is 24.8 Å². The van der Waals surface area contributed by atoms with Crippen molar-refractivity contribution in [1.82, 2.24) is 9.71 Å². The summed E-state index contributed by atoms with van der Waals surface area (Å²) in [6.07, 6.45) is 0. The van der Waals surface area contributed by atoms with Crippen LogP contribution in [0, 0.1) is 0 Å². The van der Waals surface area contributed by atoms with Crippen LogP contribution in [-0.2, 0) is 10.0 Å². The molecule has 0 aliphatic rings. The number of anilines is 1. The van der Waals surface area contributed by atoms with Crippen LogP contribution < -0.4 is 10.5 Å². The van der Waals surface area contributed by atoms with Gasteiger partial charge in [0.2, 0.25) is 10.0 Å². The number of pyridine rings is 1. The largest absolute Gasteiger partial charge is 0.384 e. The molecule has 0 aliphatic heterocycles. The monoisotopic (exact) mass is 325 g/mol. The number of benzene rings is 1. The van der Waals surface area contributed by atoms with Crippen LogP contribution in [0.2, 0.25) is 0 Å². The summed E-state index contributed by atoms with van der Waals surface area (Å²) in [5, 5.41) is 0.752. The van der Waals surface area contributed by atoms with Gasteiger partial charge in [-0.2, -0.15) is 11.8 Å². The van der Waals surface area contributed by atoms with Gasteiger partial charge in [0, 0.05) is 17.2 Å². The van der Waals surface area contributed by atoms with E-state index in [0.29, 0.717) is 11.3 Å². The first kappa shape index (κ1) is 16.1. The van der Waals surface area contributed by atoms with Gasteiger partial charge in [-0.05, 0) is 43.0 Å². The molecule has 0 fully saturated rings. The van der Waals surface area contributed by atoms with E-state index in [1.165, 1.54) is 0 Å². The molecule has 7 heteroatoms. The van der Waals surface area contributed by atoms with E-state index in [1.54, 1.807) is 42.1 Å². The zero-order chi connectivity index (χ0) is 15.5. The van der Waals surface area contributed by atoms with Crippen molar-refractivity contribution < 1.29 is 8.42 Å². The minimum Gasteiger partial charge on any atom is -0.384 e. The highest BCUT2D eigenvalue weighted by Gasteiger charge is 2.17. The number of hydrogen-bond acceptors (Lipinski definition) is 5. The highest BCUT2D eigenvalue weighted by Crippen LogP contribution is 2.19. The van der Waals surface area contributed by atoms with Gasteiger partial charge < -0.3 is 5.73 Å². The lowest BCUT2D eigenvalue weighted by Gasteiger charge is -2.14. The minimum atomic E-state index is -3.51. The van der Waals surface area contributed by atoms with Crippen LogP contribution in [0.15, 0.2) is 35.2 Å². The average Bonchev–Trinajstić information content (AvgIpc) is 2.44. The number of nitrogen functional groups attached to an aromatic ring is 1. The number of fused-ring (bicyclic) bond motifs is 1. The van der Waals surface area contributed by atoms with Crippen LogP contribution in [0.25, 0.3) is 10.9 Å². The van der Waals surface area contributed by atoms with Crippen LogP contribution in [-0.4, -0.2) is 30.9 Å². The van der Waals surface area contributed by atoms with Crippen molar-refractivity contribution in [3.8, 4) is 0 Å². The summed E-state index contributed by atoms with van der Waals surface area (Å²) in [5.41, 5.74) is 6.30. The molecule has 2 aromatic rings. The Morgan fingerprint density at radius 1 is 1.33 bits per heavy atom. The van der Waals surface area contributed by atoms with E-state index < -0.39 is 10.0 Å². The molecule has 0 radical (unpaired) electrons. The van der Waals surface area contributed by atoms with Crippen LogP contribution in [0.1, 0.15) is 13.8 Å². The number of aromatic nitrogens is 1. The number of nitrogens with zero attached hydrogens (tertiary/aromatic N) is 1. The van der Waals surface area contributed by atoms with Crippen molar-refractivity contribution in [2.24, 2.45) is 0 Å². The molecular formula is C14H19N3O2S2. The lowest BCUT2D eigenvalue weighted by molar-refractivity contribution is 0.571. The molecule has 1 atom stereocenters. The second-order valence-electron chi connectivity index (χ2n) is 4.77. The van der Waals surface area contributed by atoms with E-state index in [9.17, 15) is 8.42 Å². The van der Waals surface area contributed by atoms with Gasteiger partial charge in [0.1, 0.15) is 5.82 Å². The third-order valence-corrected chi connectivity index (χ3v) is 5.65. The number of sulfonamides is 1. The van der Waals surface area contributed by atoms with Crippen molar-refractivity contribution in [1.29, 1.82) is 0 Å². The Labute approximate surface area is 129 Å². The molecule has 0 aliphatic carbocycles. The van der Waals surface area contributed by atoms with Gasteiger partial charge in [-0.25, -0.2) is 18.1 Å². The fourth-order valence-electron chi connectivity index (χ4n) is 1.95. The molecule has 114 valence electrons. The second kappa shape index (κ2) is 6.64. The lowest BCUT2D eigenvalue weighted by Crippen LogP contribution is -2.34. The maximum Gasteiger partial charge on any atom is 0.240 e. The molecule has 0 bridgehead atoms. The third-order valence-electron chi connectivity index (χ3n) is 2.92. The second-order valence-corrected chi connectivity index (χ2v) is 7.81. The quantitative estimate of drug-likeness (QED) is 0.851. The number of nitrogens with two attached hydrogens (primary N) is 1. The maximum atomic E-state index is 12.4. The third kappa shape index (κ3) is 4.09. The molecule has 0 amide bonds. The zero-order valence-corrected chi connectivity index (χ0v) is 13.7. The van der Waals surface area contributed by atoms with E-state index in [1.807, 2.05) is 13.8 Å². The molecule has 5 nitrogen and oxygen atoms in total. The highest BCUT2D eigenvalue weighted by molar-refractivity contribution is 7.99. The van der Waals surface area contributed by atoms with Crippen LogP contribution in [0.5, 0.6) is 0 Å². The van der Waals surface area contributed by atoms with E-state index >= 15 is 0 Å². The molecule has 0 spiro atoms. The highest BCUT2D eigenvalue weighted by atomic mass is 32.2. The van der Waals surface area contributed by atoms with Crippen molar-refractivity contribution in [3.05, 3.63) is 30.3 Å². The van der Waals surface area contributed by atoms with E-state index in [-0.39, 0.29) is 10.9 Å². The number of nitrogens with one attached hydrogen (secondary N) is 1. The Morgan fingerprint density at radius 2 is 2.10 bits per heavy atom. The van der Waals surface area contributed by atoms with Gasteiger partial charge in [-0.1, -0.05) is 6.92 Å². The maximum absolute atomic E-state index is 12.4. The number of hydrogen-bond donors (Lipinski definition) is 2. The molecule has 1 unspecified atom stereocenters. The fourth-order valence-corrected chi connectivity index (χ4v) is 4.00. The standard InChI is InChI=1S/C14H19N3O2S2/c1-3-20-9-10(2)17-21(18,19)12-5-6-13-11(8-12)4-7-14(15)16-13/h4-8,10,17H,3,9H2,1-2H3,(H2,15,16). The van der Waals surface area contributed by atoms with E-state index in [4.69, 9.17) is 5.73 Å². The van der Waals surface area contributed by atoms with E-state index in [0.717, 1.165) is 16.9 Å². The normalized spacial score (nSPS) is 13.4. The topological polar surface area (TPSA) is 85.1 Å². The Bertz CT molecular complexity index is 732. The first-order chi connectivity index (χ1) is 9.92. The first-order valence-electron chi connectivity index (χ1n) is 6.68. The molecule has 1 aromatic heterocycles. The predicted octanol–water partition coefficient (Wildman–Crippen LogP) is 2.24. The predicted molar refractivity (Wildman–Crippen MR) is 88.9 cm³/mol. The fraction of sp³-hybridized carbons (Fsp3) is 0.357. The van der Waals surface area contributed by atoms with Crippen LogP contribution in [0.4, 0.5) is 5.82 Å². The zero-order valence-electron chi connectivity index (χ0n) is 12.0. The minimum absolute atomic E-state index is 0.111. The Balaban J connectivity index is 2.25. The van der Waals surface area contributed by atoms with Crippen LogP contribution >= 0.6 is 11.8 Å². The van der Waals surface area contributed by atoms with Gasteiger partial charge >= 0.3 is 0 Å². The summed E-state index contributed by atoms with van der Waals surface area (Å²) < 4.78 is 27.4. The Morgan fingerprint density at radius 3 is 2.81 bits per heavy atom. The molecule has 1 aromatic carbocycles. The molecule has 1 heterocycles. The average molecular weight is 325 g/mol. The SMILES string of the molecule is CCSCC(C)NS(=O)(=O)c1ccc2nc(N)ccc2c1. The molecule has 3 N–H and O–H groups in total. The molecule has 21 heavy (non-hydrogen) atoms. The summed E-state index contributed by atoms with van der Waals surface area (Å²) in [6, 6.07) is 8.16. The van der Waals surface area contributed by atoms with Gasteiger partial charge in [-0.3, -0.25) is 0 Å². The van der Waals surface area contributed by atoms with Gasteiger partial charge in [0.25, 0.3) is 0 Å². The summed E-state index contributed by atoms with van der Waals surface area (Å²) in [6.45, 7) is 3.91. The summed E-state index contributed by atoms with van der Waals surface area (Å²) in [7, 11) is -3.51. The summed E-state index contributed by atoms with van der Waals surface area (Å²) in [4.78, 5) is 4.40. The Kier molecular flexibility index (Phi) is 5.08. The van der Waals surface area contributed by atoms with E-state index in [2.05, 4.69) is 9.71 Å². The lowest BCUT2D eigenvalue weighted by atomic mass is 10.2. The molecular weight excluding hydrogens is 306 g/mol. The Hall–Kier alpha value is -1.31. The van der Waals surface area contributed by atoms with Crippen molar-refractivity contribution in [3.63, 3.8) is 0 Å². The number of thioether (sulfide) groups is 1. The molecule has 0 saturated carbocycles. The summed E-state index contributed by atoms with van der Waals surface area (Å²) >= 11 is 1.71. The van der Waals surface area contributed by atoms with Crippen LogP contribution in [0.3, 0.4) is 0 Å². The first-order valence-corrected chi connectivity index (χ1v) is 9.32. The smallest absolute Gasteiger partial charge is 0.240 e. The summed E-state index contributed by atoms with van der Waals surface area (Å²) in [5.74, 6) is 2.14. The van der Waals surface area contributed by atoms with Crippen molar-refractivity contribution in [2.75, 3.05) is 17.2 Å². The van der Waals surface area contributed by atoms with Crippen molar-refractivity contribution >= 4 is 38.5 Å². The van der Waals surface area contributed by atoms with Gasteiger partial charge in [-0.15, -0.1) is 0 Å². The number of rotatable bonds is 6. The molecule has 0 saturated heterocycles. The van der Waals surface area contributed by atoms with Gasteiger partial charge in [0.15, 0.2) is 0 Å².